The molecule has 86 valence electrons. The molecule has 1 aliphatic carbocycles. The van der Waals surface area contributed by atoms with Crippen molar-refractivity contribution in [3.63, 3.8) is 0 Å². The minimum atomic E-state index is 0.239. The number of rotatable bonds is 4. The molecule has 0 aliphatic heterocycles. The molecule has 0 aromatic carbocycles. The van der Waals surface area contributed by atoms with Crippen molar-refractivity contribution >= 4 is 0 Å². The first kappa shape index (κ1) is 12.3. The van der Waals surface area contributed by atoms with Crippen molar-refractivity contribution in [1.82, 2.24) is 5.32 Å². The summed E-state index contributed by atoms with van der Waals surface area (Å²) in [6, 6.07) is 0.435. The molecule has 1 aliphatic rings. The highest BCUT2D eigenvalue weighted by Crippen LogP contribution is 2.41. The van der Waals surface area contributed by atoms with Crippen LogP contribution in [0, 0.1) is 5.41 Å². The van der Waals surface area contributed by atoms with Crippen LogP contribution in [-0.4, -0.2) is 20.2 Å². The van der Waals surface area contributed by atoms with Crippen LogP contribution in [-0.2, 0) is 4.74 Å². The maximum absolute atomic E-state index is 5.35. The van der Waals surface area contributed by atoms with Gasteiger partial charge in [0.05, 0.1) is 12.9 Å². The molecule has 0 saturated heterocycles. The maximum atomic E-state index is 5.35. The molecule has 2 atom stereocenters. The summed E-state index contributed by atoms with van der Waals surface area (Å²) in [6.07, 6.45) is 6.47. The van der Waals surface area contributed by atoms with Gasteiger partial charge in [-0.3, -0.25) is 0 Å². The fraction of sp³-hybridized carbons (Fsp3) is 0.692. The van der Waals surface area contributed by atoms with Gasteiger partial charge in [-0.15, -0.1) is 0 Å². The van der Waals surface area contributed by atoms with Gasteiger partial charge < -0.3 is 10.1 Å². The first-order chi connectivity index (χ1) is 7.07. The quantitative estimate of drug-likeness (QED) is 0.768. The van der Waals surface area contributed by atoms with E-state index in [2.05, 4.69) is 38.2 Å². The second-order valence-corrected chi connectivity index (χ2v) is 4.56. The van der Waals surface area contributed by atoms with Gasteiger partial charge in [-0.25, -0.2) is 0 Å². The van der Waals surface area contributed by atoms with E-state index < -0.39 is 0 Å². The van der Waals surface area contributed by atoms with E-state index in [1.165, 1.54) is 5.57 Å². The average Bonchev–Trinajstić information content (AvgIpc) is 2.27. The number of nitrogens with one attached hydrogen (secondary N) is 1. The second kappa shape index (κ2) is 4.84. The highest BCUT2D eigenvalue weighted by atomic mass is 16.5. The molecule has 15 heavy (non-hydrogen) atoms. The molecular weight excluding hydrogens is 186 g/mol. The summed E-state index contributed by atoms with van der Waals surface area (Å²) in [5.41, 5.74) is 1.72. The molecule has 0 spiro atoms. The molecule has 2 nitrogen and oxygen atoms in total. The van der Waals surface area contributed by atoms with Crippen molar-refractivity contribution in [2.75, 3.05) is 14.2 Å². The van der Waals surface area contributed by atoms with E-state index in [-0.39, 0.29) is 5.41 Å². The van der Waals surface area contributed by atoms with Crippen LogP contribution in [0.3, 0.4) is 0 Å². The summed E-state index contributed by atoms with van der Waals surface area (Å²) in [4.78, 5) is 0. The normalized spacial score (nSPS) is 28.1. The van der Waals surface area contributed by atoms with E-state index in [1.807, 2.05) is 7.05 Å². The highest BCUT2D eigenvalue weighted by molar-refractivity contribution is 5.31. The monoisotopic (exact) mass is 209 g/mol. The summed E-state index contributed by atoms with van der Waals surface area (Å²) in [5.74, 6) is 1.09. The summed E-state index contributed by atoms with van der Waals surface area (Å²) in [7, 11) is 3.76. The average molecular weight is 209 g/mol. The Morgan fingerprint density at radius 1 is 1.53 bits per heavy atom. The SMILES string of the molecule is CCC1(C)CC(OC)=CC=C1C(C)NC. The highest BCUT2D eigenvalue weighted by Gasteiger charge is 2.33. The zero-order chi connectivity index (χ0) is 11.5. The summed E-state index contributed by atoms with van der Waals surface area (Å²) in [6.45, 7) is 6.78. The molecule has 0 aromatic rings. The molecule has 2 unspecified atom stereocenters. The molecule has 0 saturated carbocycles. The third-order valence-electron chi connectivity index (χ3n) is 3.65. The van der Waals surface area contributed by atoms with Gasteiger partial charge in [-0.05, 0) is 37.5 Å². The molecular formula is C13H23NO. The van der Waals surface area contributed by atoms with Crippen LogP contribution < -0.4 is 5.32 Å². The van der Waals surface area contributed by atoms with Crippen molar-refractivity contribution < 1.29 is 4.74 Å². The van der Waals surface area contributed by atoms with E-state index in [4.69, 9.17) is 4.74 Å². The van der Waals surface area contributed by atoms with Gasteiger partial charge in [0.2, 0.25) is 0 Å². The molecule has 1 N–H and O–H groups in total. The predicted molar refractivity (Wildman–Crippen MR) is 64.7 cm³/mol. The summed E-state index contributed by atoms with van der Waals surface area (Å²) >= 11 is 0. The molecule has 1 rings (SSSR count). The van der Waals surface area contributed by atoms with Crippen molar-refractivity contribution in [3.8, 4) is 0 Å². The first-order valence-electron chi connectivity index (χ1n) is 5.70. The molecule has 0 fully saturated rings. The zero-order valence-corrected chi connectivity index (χ0v) is 10.6. The minimum Gasteiger partial charge on any atom is -0.501 e. The van der Waals surface area contributed by atoms with Gasteiger partial charge in [0.25, 0.3) is 0 Å². The molecule has 2 heteroatoms. The summed E-state index contributed by atoms with van der Waals surface area (Å²) in [5, 5.41) is 3.32. The number of hydrogen-bond donors (Lipinski definition) is 1. The van der Waals surface area contributed by atoms with Gasteiger partial charge in [0.15, 0.2) is 0 Å². The van der Waals surface area contributed by atoms with Crippen LogP contribution in [0.4, 0.5) is 0 Å². The van der Waals surface area contributed by atoms with Crippen molar-refractivity contribution in [2.24, 2.45) is 5.41 Å². The Hall–Kier alpha value is -0.760. The number of likely N-dealkylation sites (N-methyl/N-ethyl adjacent to an activating group) is 1. The Labute approximate surface area is 93.4 Å². The van der Waals surface area contributed by atoms with Crippen molar-refractivity contribution in [1.29, 1.82) is 0 Å². The first-order valence-corrected chi connectivity index (χ1v) is 5.70. The van der Waals surface area contributed by atoms with Crippen LogP contribution in [0.2, 0.25) is 0 Å². The van der Waals surface area contributed by atoms with Gasteiger partial charge in [-0.2, -0.15) is 0 Å². The second-order valence-electron chi connectivity index (χ2n) is 4.56. The van der Waals surface area contributed by atoms with Crippen LogP contribution in [0.5, 0.6) is 0 Å². The van der Waals surface area contributed by atoms with Crippen LogP contribution in [0.15, 0.2) is 23.5 Å². The Bertz CT molecular complexity index is 280. The third-order valence-corrected chi connectivity index (χ3v) is 3.65. The smallest absolute Gasteiger partial charge is 0.0964 e. The number of methoxy groups -OCH3 is 1. The fourth-order valence-electron chi connectivity index (χ4n) is 2.22. The zero-order valence-electron chi connectivity index (χ0n) is 10.6. The molecule has 0 radical (unpaired) electrons. The number of allylic oxidation sites excluding steroid dienone is 3. The lowest BCUT2D eigenvalue weighted by Crippen LogP contribution is -2.34. The van der Waals surface area contributed by atoms with Crippen molar-refractivity contribution in [3.05, 3.63) is 23.5 Å². The number of hydrogen-bond acceptors (Lipinski definition) is 2. The van der Waals surface area contributed by atoms with Gasteiger partial charge in [0, 0.05) is 12.5 Å². The Balaban J connectivity index is 2.98. The van der Waals surface area contributed by atoms with Crippen molar-refractivity contribution in [2.45, 2.75) is 39.7 Å². The van der Waals surface area contributed by atoms with Crippen LogP contribution in [0.1, 0.15) is 33.6 Å². The van der Waals surface area contributed by atoms with Crippen LogP contribution in [0.25, 0.3) is 0 Å². The largest absolute Gasteiger partial charge is 0.501 e. The third kappa shape index (κ3) is 2.43. The lowest BCUT2D eigenvalue weighted by atomic mass is 9.71. The number of ether oxygens (including phenoxy) is 1. The Kier molecular flexibility index (Phi) is 3.97. The molecule has 0 aromatic heterocycles. The van der Waals surface area contributed by atoms with E-state index in [0.29, 0.717) is 6.04 Å². The van der Waals surface area contributed by atoms with Gasteiger partial charge >= 0.3 is 0 Å². The standard InChI is InChI=1S/C13H23NO/c1-6-13(3)9-11(15-5)7-8-12(13)10(2)14-4/h7-8,10,14H,6,9H2,1-5H3. The van der Waals surface area contributed by atoms with E-state index in [1.54, 1.807) is 7.11 Å². The lowest BCUT2D eigenvalue weighted by molar-refractivity contribution is 0.222. The topological polar surface area (TPSA) is 21.3 Å². The van der Waals surface area contributed by atoms with E-state index in [0.717, 1.165) is 18.6 Å². The molecule has 0 heterocycles. The summed E-state index contributed by atoms with van der Waals surface area (Å²) < 4.78 is 5.35. The molecule has 0 amide bonds. The lowest BCUT2D eigenvalue weighted by Gasteiger charge is -2.37. The van der Waals surface area contributed by atoms with Gasteiger partial charge in [-0.1, -0.05) is 19.9 Å². The van der Waals surface area contributed by atoms with Gasteiger partial charge in [0.1, 0.15) is 0 Å². The van der Waals surface area contributed by atoms with E-state index >= 15 is 0 Å². The van der Waals surface area contributed by atoms with Crippen LogP contribution >= 0.6 is 0 Å². The fourth-order valence-corrected chi connectivity index (χ4v) is 2.22. The maximum Gasteiger partial charge on any atom is 0.0964 e. The van der Waals surface area contributed by atoms with E-state index in [9.17, 15) is 0 Å². The predicted octanol–water partition coefficient (Wildman–Crippen LogP) is 2.87. The Morgan fingerprint density at radius 3 is 2.67 bits per heavy atom. The Morgan fingerprint density at radius 2 is 2.20 bits per heavy atom. The minimum absolute atomic E-state index is 0.239. The molecule has 0 bridgehead atoms.